The van der Waals surface area contributed by atoms with Gasteiger partial charge in [-0.15, -0.1) is 0 Å². The van der Waals surface area contributed by atoms with Gasteiger partial charge in [0.1, 0.15) is 0 Å². The fourth-order valence-corrected chi connectivity index (χ4v) is 2.54. The van der Waals surface area contributed by atoms with Crippen LogP contribution in [0.3, 0.4) is 0 Å². The number of oxazole rings is 1. The van der Waals surface area contributed by atoms with Gasteiger partial charge in [-0.2, -0.15) is 10.2 Å². The van der Waals surface area contributed by atoms with Crippen LogP contribution in [0.15, 0.2) is 88.0 Å². The molecule has 0 saturated heterocycles. The van der Waals surface area contributed by atoms with Crippen molar-refractivity contribution >= 4 is 16.6 Å². The molecule has 0 aliphatic heterocycles. The second-order valence-corrected chi connectivity index (χ2v) is 5.30. The van der Waals surface area contributed by atoms with Crippen LogP contribution in [0.5, 0.6) is 0 Å². The highest BCUT2D eigenvalue weighted by atomic mass is 16.3. The van der Waals surface area contributed by atoms with E-state index in [4.69, 9.17) is 4.42 Å². The van der Waals surface area contributed by atoms with Crippen molar-refractivity contribution in [3.63, 3.8) is 0 Å². The predicted molar refractivity (Wildman–Crippen MR) is 91.9 cm³/mol. The molecule has 0 spiro atoms. The molecule has 0 N–H and O–H groups in total. The predicted octanol–water partition coefficient (Wildman–Crippen LogP) is 5.17. The molecule has 4 aromatic rings. The molecule has 116 valence electrons. The van der Waals surface area contributed by atoms with Gasteiger partial charge in [0.15, 0.2) is 12.2 Å². The zero-order chi connectivity index (χ0) is 16.2. The van der Waals surface area contributed by atoms with E-state index in [-0.39, 0.29) is 0 Å². The summed E-state index contributed by atoms with van der Waals surface area (Å²) in [6.07, 6.45) is 4.91. The number of hydrogen-bond donors (Lipinski definition) is 0. The third kappa shape index (κ3) is 2.92. The fraction of sp³-hybridized carbons (Fsp3) is 0.0526. The minimum absolute atomic E-state index is 0.521. The first-order valence-corrected chi connectivity index (χ1v) is 7.59. The molecule has 0 amide bonds. The van der Waals surface area contributed by atoms with Crippen molar-refractivity contribution in [2.24, 2.45) is 10.2 Å². The van der Waals surface area contributed by atoms with Crippen LogP contribution in [0.25, 0.3) is 22.2 Å². The number of hydrogen-bond acceptors (Lipinski definition) is 5. The molecule has 4 rings (SSSR count). The van der Waals surface area contributed by atoms with E-state index in [9.17, 15) is 0 Å². The third-order valence-corrected chi connectivity index (χ3v) is 3.75. The van der Waals surface area contributed by atoms with Crippen LogP contribution in [0.2, 0.25) is 0 Å². The molecule has 0 fully saturated rings. The highest BCUT2D eigenvalue weighted by Gasteiger charge is 2.02. The van der Waals surface area contributed by atoms with Gasteiger partial charge in [-0.05, 0) is 42.0 Å². The number of nitrogens with zero attached hydrogens (tertiary/aromatic N) is 4. The Hall–Kier alpha value is -3.34. The highest BCUT2D eigenvalue weighted by molar-refractivity contribution is 5.81. The molecule has 2 aromatic carbocycles. The average Bonchev–Trinajstić information content (AvgIpc) is 3.17. The van der Waals surface area contributed by atoms with Crippen LogP contribution in [0.1, 0.15) is 5.56 Å². The summed E-state index contributed by atoms with van der Waals surface area (Å²) in [6, 6.07) is 17.7. The van der Waals surface area contributed by atoms with Gasteiger partial charge in [0.05, 0.1) is 23.9 Å². The maximum Gasteiger partial charge on any atom is 0.181 e. The molecule has 2 heterocycles. The van der Waals surface area contributed by atoms with E-state index in [1.54, 1.807) is 12.4 Å². The summed E-state index contributed by atoms with van der Waals surface area (Å²) in [5, 5.41) is 9.72. The van der Waals surface area contributed by atoms with Crippen LogP contribution in [-0.4, -0.2) is 9.97 Å². The Morgan fingerprint density at radius 3 is 2.67 bits per heavy atom. The van der Waals surface area contributed by atoms with Crippen LogP contribution >= 0.6 is 0 Å². The molecular weight excluding hydrogens is 300 g/mol. The fourth-order valence-electron chi connectivity index (χ4n) is 2.54. The summed E-state index contributed by atoms with van der Waals surface area (Å²) < 4.78 is 5.27. The smallest absolute Gasteiger partial charge is 0.181 e. The van der Waals surface area contributed by atoms with Gasteiger partial charge >= 0.3 is 0 Å². The van der Waals surface area contributed by atoms with Crippen LogP contribution in [0, 0.1) is 0 Å². The van der Waals surface area contributed by atoms with Gasteiger partial charge in [0, 0.05) is 17.1 Å². The standard InChI is InChI=1S/C19H14N4O/c1-2-4-18-17(3-1)15(9-10-21-18)11-22-23-16-7-5-14(6-8-16)19-12-20-13-24-19/h1-10,12-13H,11H2. The summed E-state index contributed by atoms with van der Waals surface area (Å²) in [4.78, 5) is 8.27. The van der Waals surface area contributed by atoms with Crippen molar-refractivity contribution < 1.29 is 4.42 Å². The Bertz CT molecular complexity index is 971. The number of azo groups is 1. The van der Waals surface area contributed by atoms with Crippen molar-refractivity contribution in [2.45, 2.75) is 6.54 Å². The summed E-state index contributed by atoms with van der Waals surface area (Å²) in [6.45, 7) is 0.521. The molecule has 0 bridgehead atoms. The second kappa shape index (κ2) is 6.42. The van der Waals surface area contributed by atoms with E-state index < -0.39 is 0 Å². The van der Waals surface area contributed by atoms with Gasteiger partial charge in [0.25, 0.3) is 0 Å². The lowest BCUT2D eigenvalue weighted by Crippen LogP contribution is -1.86. The lowest BCUT2D eigenvalue weighted by atomic mass is 10.1. The first kappa shape index (κ1) is 14.3. The Kier molecular flexibility index (Phi) is 3.81. The van der Waals surface area contributed by atoms with Crippen molar-refractivity contribution in [1.29, 1.82) is 0 Å². The molecule has 0 aliphatic carbocycles. The lowest BCUT2D eigenvalue weighted by molar-refractivity contribution is 0.572. The minimum atomic E-state index is 0.521. The van der Waals surface area contributed by atoms with Gasteiger partial charge in [-0.25, -0.2) is 4.98 Å². The molecule has 0 atom stereocenters. The summed E-state index contributed by atoms with van der Waals surface area (Å²) in [5.74, 6) is 0.738. The Morgan fingerprint density at radius 2 is 1.83 bits per heavy atom. The Balaban J connectivity index is 1.51. The molecule has 0 unspecified atom stereocenters. The van der Waals surface area contributed by atoms with Gasteiger partial charge in [-0.1, -0.05) is 18.2 Å². The molecule has 0 saturated carbocycles. The van der Waals surface area contributed by atoms with Gasteiger partial charge < -0.3 is 4.42 Å². The third-order valence-electron chi connectivity index (χ3n) is 3.75. The lowest BCUT2D eigenvalue weighted by Gasteiger charge is -2.02. The number of fused-ring (bicyclic) bond motifs is 1. The van der Waals surface area contributed by atoms with Gasteiger partial charge in [0.2, 0.25) is 0 Å². The van der Waals surface area contributed by atoms with E-state index in [0.29, 0.717) is 6.54 Å². The molecule has 0 aliphatic rings. The average molecular weight is 314 g/mol. The summed E-state index contributed by atoms with van der Waals surface area (Å²) >= 11 is 0. The topological polar surface area (TPSA) is 63.6 Å². The zero-order valence-corrected chi connectivity index (χ0v) is 12.8. The van der Waals surface area contributed by atoms with Crippen LogP contribution in [-0.2, 0) is 6.54 Å². The number of pyridine rings is 1. The van der Waals surface area contributed by atoms with Crippen molar-refractivity contribution in [3.05, 3.63) is 78.9 Å². The van der Waals surface area contributed by atoms with Crippen molar-refractivity contribution in [3.8, 4) is 11.3 Å². The minimum Gasteiger partial charge on any atom is -0.444 e. The number of para-hydroxylation sites is 1. The van der Waals surface area contributed by atoms with E-state index in [2.05, 4.69) is 26.3 Å². The Morgan fingerprint density at radius 1 is 0.958 bits per heavy atom. The first-order valence-electron chi connectivity index (χ1n) is 7.59. The van der Waals surface area contributed by atoms with Gasteiger partial charge in [-0.3, -0.25) is 4.98 Å². The largest absolute Gasteiger partial charge is 0.444 e. The maximum atomic E-state index is 5.27. The number of aromatic nitrogens is 2. The number of benzene rings is 2. The van der Waals surface area contributed by atoms with E-state index in [1.165, 1.54) is 6.39 Å². The molecular formula is C19H14N4O. The molecule has 5 nitrogen and oxygen atoms in total. The van der Waals surface area contributed by atoms with E-state index in [1.807, 2.05) is 48.5 Å². The van der Waals surface area contributed by atoms with Crippen LogP contribution < -0.4 is 0 Å². The zero-order valence-electron chi connectivity index (χ0n) is 12.8. The molecule has 5 heteroatoms. The van der Waals surface area contributed by atoms with Crippen molar-refractivity contribution in [1.82, 2.24) is 9.97 Å². The SMILES string of the molecule is c1ccc2c(CN=Nc3ccc(-c4cnco4)cc3)ccnc2c1. The van der Waals surface area contributed by atoms with Crippen LogP contribution in [0.4, 0.5) is 5.69 Å². The first-order chi connectivity index (χ1) is 11.9. The summed E-state index contributed by atoms with van der Waals surface area (Å²) in [5.41, 5.74) is 3.85. The number of rotatable bonds is 4. The quantitative estimate of drug-likeness (QED) is 0.488. The van der Waals surface area contributed by atoms with Crippen molar-refractivity contribution in [2.75, 3.05) is 0 Å². The molecule has 0 radical (unpaired) electrons. The molecule has 24 heavy (non-hydrogen) atoms. The monoisotopic (exact) mass is 314 g/mol. The second-order valence-electron chi connectivity index (χ2n) is 5.30. The normalized spacial score (nSPS) is 11.3. The van der Waals surface area contributed by atoms with E-state index in [0.717, 1.165) is 33.5 Å². The van der Waals surface area contributed by atoms with E-state index >= 15 is 0 Å². The molecule has 2 aromatic heterocycles. The Labute approximate surface area is 138 Å². The maximum absolute atomic E-state index is 5.27. The summed E-state index contributed by atoms with van der Waals surface area (Å²) in [7, 11) is 0. The highest BCUT2D eigenvalue weighted by Crippen LogP contribution is 2.23.